The van der Waals surface area contributed by atoms with Gasteiger partial charge in [-0.1, -0.05) is 12.1 Å². The number of allylic oxidation sites excluding steroid dienone is 1. The van der Waals surface area contributed by atoms with Gasteiger partial charge in [0.1, 0.15) is 5.82 Å². The summed E-state index contributed by atoms with van der Waals surface area (Å²) in [4.78, 5) is 18.3. The van der Waals surface area contributed by atoms with Crippen molar-refractivity contribution in [2.75, 3.05) is 0 Å². The fourth-order valence-corrected chi connectivity index (χ4v) is 3.55. The molecule has 0 aliphatic rings. The van der Waals surface area contributed by atoms with Crippen LogP contribution in [0.3, 0.4) is 0 Å². The molecular formula is C21H18BrF3N8. The van der Waals surface area contributed by atoms with Crippen LogP contribution in [0.5, 0.6) is 0 Å². The fraction of sp³-hybridized carbons (Fsp3) is 0.0952. The summed E-state index contributed by atoms with van der Waals surface area (Å²) in [7, 11) is 0. The zero-order valence-corrected chi connectivity index (χ0v) is 18.5. The Bertz CT molecular complexity index is 1230. The lowest BCUT2D eigenvalue weighted by Crippen LogP contribution is -2.03. The van der Waals surface area contributed by atoms with Gasteiger partial charge in [0.05, 0.1) is 17.7 Å². The molecule has 2 heterocycles. The number of hydrogen-bond acceptors (Lipinski definition) is 5. The van der Waals surface area contributed by atoms with Crippen molar-refractivity contribution in [3.05, 3.63) is 75.9 Å². The number of aliphatic imine (C=N–C) groups is 2. The summed E-state index contributed by atoms with van der Waals surface area (Å²) in [6.07, 6.45) is 3.58. The van der Waals surface area contributed by atoms with Gasteiger partial charge in [0, 0.05) is 46.3 Å². The Hall–Kier alpha value is -3.80. The third kappa shape index (κ3) is 5.52. The topological polar surface area (TPSA) is 142 Å². The number of rotatable bonds is 7. The van der Waals surface area contributed by atoms with E-state index in [1.807, 2.05) is 0 Å². The molecule has 2 aromatic heterocycles. The normalized spacial score (nSPS) is 12.3. The average molecular weight is 519 g/mol. The first-order valence-electron chi connectivity index (χ1n) is 9.39. The molecule has 0 fully saturated rings. The molecule has 3 aromatic rings. The van der Waals surface area contributed by atoms with Gasteiger partial charge in [-0.3, -0.25) is 10.4 Å². The lowest BCUT2D eigenvalue weighted by Gasteiger charge is -2.05. The number of aromatic nitrogens is 3. The van der Waals surface area contributed by atoms with E-state index < -0.39 is 18.1 Å². The van der Waals surface area contributed by atoms with Crippen LogP contribution in [-0.2, 0) is 6.42 Å². The Kier molecular flexibility index (Phi) is 7.72. The predicted molar refractivity (Wildman–Crippen MR) is 125 cm³/mol. The highest BCUT2D eigenvalue weighted by Crippen LogP contribution is 2.36. The van der Waals surface area contributed by atoms with Crippen LogP contribution in [0.25, 0.3) is 11.1 Å². The zero-order chi connectivity index (χ0) is 24.0. The van der Waals surface area contributed by atoms with Crippen molar-refractivity contribution in [1.82, 2.24) is 15.0 Å². The van der Waals surface area contributed by atoms with Gasteiger partial charge in [0.25, 0.3) is 6.43 Å². The minimum absolute atomic E-state index is 0.152. The van der Waals surface area contributed by atoms with Gasteiger partial charge in [-0.15, -0.1) is 0 Å². The van der Waals surface area contributed by atoms with Gasteiger partial charge < -0.3 is 16.5 Å². The molecule has 0 atom stereocenters. The number of amidine groups is 1. The number of hydrogen-bond donors (Lipinski definition) is 4. The number of nitrogens with zero attached hydrogens (tertiary/aromatic N) is 4. The second-order valence-electron chi connectivity index (χ2n) is 6.55. The molecule has 0 bridgehead atoms. The molecule has 0 radical (unpaired) electrons. The molecule has 0 spiro atoms. The number of benzene rings is 1. The molecule has 0 unspecified atom stereocenters. The van der Waals surface area contributed by atoms with Crippen LogP contribution in [0.2, 0.25) is 0 Å². The van der Waals surface area contributed by atoms with Crippen LogP contribution < -0.4 is 11.5 Å². The Morgan fingerprint density at radius 1 is 1.21 bits per heavy atom. The van der Waals surface area contributed by atoms with Crippen LogP contribution >= 0.6 is 15.9 Å². The first kappa shape index (κ1) is 23.9. The van der Waals surface area contributed by atoms with E-state index in [1.54, 1.807) is 12.1 Å². The minimum Gasteiger partial charge on any atom is -0.404 e. The summed E-state index contributed by atoms with van der Waals surface area (Å²) >= 11 is 3.48. The van der Waals surface area contributed by atoms with Crippen molar-refractivity contribution in [2.24, 2.45) is 21.5 Å². The summed E-state index contributed by atoms with van der Waals surface area (Å²) < 4.78 is 40.0. The quantitative estimate of drug-likeness (QED) is 0.271. The number of aromatic amines is 1. The molecule has 33 heavy (non-hydrogen) atoms. The smallest absolute Gasteiger partial charge is 0.297 e. The summed E-state index contributed by atoms with van der Waals surface area (Å²) in [5, 5.41) is 8.19. The van der Waals surface area contributed by atoms with Crippen molar-refractivity contribution in [2.45, 2.75) is 12.8 Å². The first-order valence-corrected chi connectivity index (χ1v) is 10.2. The van der Waals surface area contributed by atoms with Gasteiger partial charge in [-0.2, -0.15) is 0 Å². The molecule has 0 aliphatic heterocycles. The van der Waals surface area contributed by atoms with Gasteiger partial charge >= 0.3 is 0 Å². The van der Waals surface area contributed by atoms with Gasteiger partial charge in [-0.25, -0.2) is 28.1 Å². The largest absolute Gasteiger partial charge is 0.404 e. The fourth-order valence-electron chi connectivity index (χ4n) is 2.88. The monoisotopic (exact) mass is 518 g/mol. The number of para-hydroxylation sites is 1. The number of H-pyrrole nitrogens is 1. The second kappa shape index (κ2) is 10.7. The predicted octanol–water partition coefficient (Wildman–Crippen LogP) is 4.41. The zero-order valence-electron chi connectivity index (χ0n) is 16.9. The van der Waals surface area contributed by atoms with E-state index in [2.05, 4.69) is 40.9 Å². The van der Waals surface area contributed by atoms with E-state index in [0.29, 0.717) is 26.9 Å². The summed E-state index contributed by atoms with van der Waals surface area (Å²) in [5.74, 6) is -1.29. The van der Waals surface area contributed by atoms with E-state index in [9.17, 15) is 13.2 Å². The number of nitrogens with one attached hydrogen (secondary N) is 2. The van der Waals surface area contributed by atoms with E-state index in [0.717, 1.165) is 6.34 Å². The maximum atomic E-state index is 13.8. The van der Waals surface area contributed by atoms with Gasteiger partial charge in [0.15, 0.2) is 11.7 Å². The van der Waals surface area contributed by atoms with E-state index in [4.69, 9.17) is 16.9 Å². The second-order valence-corrected chi connectivity index (χ2v) is 7.35. The molecule has 170 valence electrons. The van der Waals surface area contributed by atoms with Crippen molar-refractivity contribution in [3.63, 3.8) is 0 Å². The summed E-state index contributed by atoms with van der Waals surface area (Å²) in [6.45, 7) is 0. The van der Waals surface area contributed by atoms with Crippen LogP contribution in [0.1, 0.15) is 23.6 Å². The number of alkyl halides is 2. The van der Waals surface area contributed by atoms with Crippen LogP contribution in [-0.4, -0.2) is 33.3 Å². The highest BCUT2D eigenvalue weighted by atomic mass is 79.9. The molecular weight excluding hydrogens is 501 g/mol. The summed E-state index contributed by atoms with van der Waals surface area (Å²) in [6, 6.07) is 6.04. The Morgan fingerprint density at radius 3 is 2.52 bits per heavy atom. The van der Waals surface area contributed by atoms with Crippen molar-refractivity contribution in [3.8, 4) is 11.1 Å². The van der Waals surface area contributed by atoms with E-state index in [-0.39, 0.29) is 23.6 Å². The van der Waals surface area contributed by atoms with Crippen LogP contribution in [0.15, 0.2) is 62.9 Å². The Morgan fingerprint density at radius 2 is 1.91 bits per heavy atom. The maximum Gasteiger partial charge on any atom is 0.297 e. The first-order chi connectivity index (χ1) is 15.8. The number of nitrogens with two attached hydrogens (primary N) is 2. The molecule has 12 heteroatoms. The van der Waals surface area contributed by atoms with Crippen LogP contribution in [0, 0.1) is 11.2 Å². The van der Waals surface area contributed by atoms with Crippen LogP contribution in [0.4, 0.5) is 18.9 Å². The standard InChI is InChI=1S/C21H18BrF3N8/c22-17-15(5-11(6-26)7-29-14-4-2-1-3-13(14)23)33-18(20(28)32-10-27)16(17)12-8-30-21(19(24)25)31-9-12/h1-4,6-10,19,33H,5,26H2,(H3,27,28,32). The lowest BCUT2D eigenvalue weighted by molar-refractivity contribution is 0.140. The molecule has 1 aromatic carbocycles. The minimum atomic E-state index is -2.81. The molecule has 0 aliphatic carbocycles. The molecule has 0 saturated heterocycles. The molecule has 8 nitrogen and oxygen atoms in total. The molecule has 6 N–H and O–H groups in total. The SMILES string of the molecule is N=C(N=CN)c1[nH]c(CC(C=Nc2ccccc2F)=CN)c(Br)c1-c1cnc(C(F)F)nc1. The van der Waals surface area contributed by atoms with Gasteiger partial charge in [0.2, 0.25) is 0 Å². The Labute approximate surface area is 195 Å². The number of halogens is 4. The maximum absolute atomic E-state index is 13.8. The lowest BCUT2D eigenvalue weighted by atomic mass is 10.1. The highest BCUT2D eigenvalue weighted by molar-refractivity contribution is 9.10. The highest BCUT2D eigenvalue weighted by Gasteiger charge is 2.22. The van der Waals surface area contributed by atoms with E-state index in [1.165, 1.54) is 36.9 Å². The summed E-state index contributed by atoms with van der Waals surface area (Å²) in [5.41, 5.74) is 13.4. The molecule has 0 saturated carbocycles. The van der Waals surface area contributed by atoms with Crippen molar-refractivity contribution in [1.29, 1.82) is 5.41 Å². The van der Waals surface area contributed by atoms with Crippen molar-refractivity contribution < 1.29 is 13.2 Å². The molecule has 0 amide bonds. The third-order valence-electron chi connectivity index (χ3n) is 4.42. The van der Waals surface area contributed by atoms with Gasteiger partial charge in [-0.05, 0) is 39.8 Å². The van der Waals surface area contributed by atoms with E-state index >= 15 is 0 Å². The average Bonchev–Trinajstić information content (AvgIpc) is 3.13. The van der Waals surface area contributed by atoms with Crippen molar-refractivity contribution >= 4 is 40.0 Å². The molecule has 3 rings (SSSR count). The third-order valence-corrected chi connectivity index (χ3v) is 5.30. The Balaban J connectivity index is 1.99.